The van der Waals surface area contributed by atoms with Gasteiger partial charge in [0.1, 0.15) is 11.1 Å². The summed E-state index contributed by atoms with van der Waals surface area (Å²) in [5, 5.41) is 10.6. The second-order valence-corrected chi connectivity index (χ2v) is 6.45. The van der Waals surface area contributed by atoms with E-state index in [-0.39, 0.29) is 16.5 Å². The highest BCUT2D eigenvalue weighted by molar-refractivity contribution is 7.86. The van der Waals surface area contributed by atoms with Gasteiger partial charge < -0.3 is 10.4 Å². The van der Waals surface area contributed by atoms with Crippen LogP contribution in [-0.2, 0) is 15.6 Å². The van der Waals surface area contributed by atoms with Crippen LogP contribution in [0.1, 0.15) is 37.6 Å². The van der Waals surface area contributed by atoms with Crippen molar-refractivity contribution >= 4 is 22.7 Å². The fourth-order valence-corrected chi connectivity index (χ4v) is 2.69. The van der Waals surface area contributed by atoms with E-state index < -0.39 is 33.7 Å². The molecule has 3 unspecified atom stereocenters. The van der Waals surface area contributed by atoms with Crippen LogP contribution in [0.3, 0.4) is 0 Å². The van der Waals surface area contributed by atoms with Gasteiger partial charge in [-0.3, -0.25) is 9.00 Å². The minimum atomic E-state index is -1.97. The number of carbonyl (C=O) groups is 2. The third-order valence-electron chi connectivity index (χ3n) is 3.09. The average Bonchev–Trinajstić information content (AvgIpc) is 2.45. The lowest BCUT2D eigenvalue weighted by Gasteiger charge is -2.16. The van der Waals surface area contributed by atoms with E-state index in [1.807, 2.05) is 6.92 Å². The van der Waals surface area contributed by atoms with Gasteiger partial charge in [0.05, 0.1) is 21.3 Å². The molecule has 0 aliphatic rings. The van der Waals surface area contributed by atoms with Crippen molar-refractivity contribution < 1.29 is 23.3 Å². The fourth-order valence-electron chi connectivity index (χ4n) is 1.54. The zero-order chi connectivity index (χ0) is 16.2. The minimum absolute atomic E-state index is 0.0767. The van der Waals surface area contributed by atoms with E-state index in [9.17, 15) is 18.2 Å². The van der Waals surface area contributed by atoms with Gasteiger partial charge in [0.2, 0.25) is 5.91 Å². The van der Waals surface area contributed by atoms with Gasteiger partial charge >= 0.3 is 5.97 Å². The van der Waals surface area contributed by atoms with Crippen molar-refractivity contribution in [2.24, 2.45) is 0 Å². The molecule has 0 radical (unpaired) electrons. The molecule has 1 aromatic rings. The zero-order valence-electron chi connectivity index (χ0n) is 12.1. The molecule has 21 heavy (non-hydrogen) atoms. The van der Waals surface area contributed by atoms with Crippen molar-refractivity contribution in [1.82, 2.24) is 5.32 Å². The molecule has 5 nitrogen and oxygen atoms in total. The minimum Gasteiger partial charge on any atom is -0.478 e. The molecule has 0 spiro atoms. The number of hydrogen-bond acceptors (Lipinski definition) is 3. The average molecular weight is 315 g/mol. The van der Waals surface area contributed by atoms with Crippen LogP contribution in [0.4, 0.5) is 4.39 Å². The summed E-state index contributed by atoms with van der Waals surface area (Å²) in [7, 11) is -1.97. The summed E-state index contributed by atoms with van der Waals surface area (Å²) in [6.07, 6.45) is 0.716. The number of nitrogens with one attached hydrogen (secondary N) is 1. The quantitative estimate of drug-likeness (QED) is 0.840. The Balaban J connectivity index is 2.99. The van der Waals surface area contributed by atoms with Crippen LogP contribution in [0.25, 0.3) is 0 Å². The van der Waals surface area contributed by atoms with Crippen LogP contribution in [0.2, 0.25) is 0 Å². The Morgan fingerprint density at radius 3 is 2.52 bits per heavy atom. The SMILES string of the molecule is CCC(C)NC(=O)C(C)S(=O)c1cc(C(=O)O)ccc1F. The normalized spacial score (nSPS) is 15.0. The number of carboxylic acids is 1. The van der Waals surface area contributed by atoms with Crippen molar-refractivity contribution in [2.75, 3.05) is 0 Å². The lowest BCUT2D eigenvalue weighted by atomic mass is 10.2. The molecule has 0 bridgehead atoms. The number of benzene rings is 1. The van der Waals surface area contributed by atoms with Crippen LogP contribution in [0.15, 0.2) is 23.1 Å². The maximum Gasteiger partial charge on any atom is 0.335 e. The lowest BCUT2D eigenvalue weighted by Crippen LogP contribution is -2.40. The smallest absolute Gasteiger partial charge is 0.335 e. The van der Waals surface area contributed by atoms with Crippen molar-refractivity contribution in [3.63, 3.8) is 0 Å². The summed E-state index contributed by atoms with van der Waals surface area (Å²) >= 11 is 0. The molecule has 0 fully saturated rings. The summed E-state index contributed by atoms with van der Waals surface area (Å²) < 4.78 is 26.0. The summed E-state index contributed by atoms with van der Waals surface area (Å²) in [5.74, 6) is -2.49. The van der Waals surface area contributed by atoms with Crippen LogP contribution < -0.4 is 5.32 Å². The molecule has 0 saturated carbocycles. The topological polar surface area (TPSA) is 83.5 Å². The molecule has 116 valence electrons. The molecule has 1 aromatic carbocycles. The van der Waals surface area contributed by atoms with Crippen LogP contribution in [-0.4, -0.2) is 32.5 Å². The molecule has 2 N–H and O–H groups in total. The third kappa shape index (κ3) is 4.35. The molecule has 3 atom stereocenters. The number of hydrogen-bond donors (Lipinski definition) is 2. The Morgan fingerprint density at radius 2 is 2.00 bits per heavy atom. The molecule has 0 aliphatic heterocycles. The van der Waals surface area contributed by atoms with Gasteiger partial charge in [-0.1, -0.05) is 6.92 Å². The molecular weight excluding hydrogens is 297 g/mol. The van der Waals surface area contributed by atoms with Gasteiger partial charge in [0.25, 0.3) is 0 Å². The highest BCUT2D eigenvalue weighted by atomic mass is 32.2. The van der Waals surface area contributed by atoms with Gasteiger partial charge in [-0.2, -0.15) is 0 Å². The Labute approximate surface area is 125 Å². The summed E-state index contributed by atoms with van der Waals surface area (Å²) in [6, 6.07) is 2.95. The Morgan fingerprint density at radius 1 is 1.38 bits per heavy atom. The van der Waals surface area contributed by atoms with Gasteiger partial charge in [-0.25, -0.2) is 9.18 Å². The number of rotatable bonds is 6. The van der Waals surface area contributed by atoms with Crippen LogP contribution in [0, 0.1) is 5.82 Å². The molecule has 0 aromatic heterocycles. The molecule has 1 amide bonds. The van der Waals surface area contributed by atoms with E-state index >= 15 is 0 Å². The van der Waals surface area contributed by atoms with Crippen molar-refractivity contribution in [2.45, 2.75) is 43.4 Å². The third-order valence-corrected chi connectivity index (χ3v) is 4.69. The first-order valence-corrected chi connectivity index (χ1v) is 7.73. The highest BCUT2D eigenvalue weighted by Gasteiger charge is 2.25. The first-order chi connectivity index (χ1) is 9.77. The lowest BCUT2D eigenvalue weighted by molar-refractivity contribution is -0.120. The Hall–Kier alpha value is -1.76. The van der Waals surface area contributed by atoms with E-state index in [1.54, 1.807) is 6.92 Å². The highest BCUT2D eigenvalue weighted by Crippen LogP contribution is 2.18. The van der Waals surface area contributed by atoms with Crippen molar-refractivity contribution in [3.05, 3.63) is 29.6 Å². The zero-order valence-corrected chi connectivity index (χ0v) is 12.9. The number of halogens is 1. The van der Waals surface area contributed by atoms with Gasteiger partial charge in [0, 0.05) is 6.04 Å². The standard InChI is InChI=1S/C14H18FNO4S/c1-4-8(2)16-13(17)9(3)21(20)12-7-10(14(18)19)5-6-11(12)15/h5-9H,4H2,1-3H3,(H,16,17)(H,18,19). The second kappa shape index (κ2) is 7.31. The maximum atomic E-state index is 13.7. The van der Waals surface area contributed by atoms with Crippen molar-refractivity contribution in [3.8, 4) is 0 Å². The molecule has 7 heteroatoms. The van der Waals surface area contributed by atoms with E-state index in [1.165, 1.54) is 6.92 Å². The predicted molar refractivity (Wildman–Crippen MR) is 77.1 cm³/mol. The van der Waals surface area contributed by atoms with Crippen LogP contribution >= 0.6 is 0 Å². The van der Waals surface area contributed by atoms with Crippen LogP contribution in [0.5, 0.6) is 0 Å². The predicted octanol–water partition coefficient (Wildman–Crippen LogP) is 1.93. The Bertz CT molecular complexity index is 576. The molecule has 1 rings (SSSR count). The van der Waals surface area contributed by atoms with E-state index in [0.29, 0.717) is 6.42 Å². The number of amides is 1. The number of carbonyl (C=O) groups excluding carboxylic acids is 1. The first kappa shape index (κ1) is 17.3. The van der Waals surface area contributed by atoms with Gasteiger partial charge in [0.15, 0.2) is 0 Å². The first-order valence-electron chi connectivity index (χ1n) is 6.51. The van der Waals surface area contributed by atoms with E-state index in [2.05, 4.69) is 5.32 Å². The van der Waals surface area contributed by atoms with Crippen molar-refractivity contribution in [1.29, 1.82) is 0 Å². The van der Waals surface area contributed by atoms with Gasteiger partial charge in [-0.15, -0.1) is 0 Å². The summed E-state index contributed by atoms with van der Waals surface area (Å²) in [5.41, 5.74) is -0.172. The maximum absolute atomic E-state index is 13.7. The largest absolute Gasteiger partial charge is 0.478 e. The van der Waals surface area contributed by atoms with Gasteiger partial charge in [-0.05, 0) is 38.5 Å². The molecule has 0 heterocycles. The second-order valence-electron chi connectivity index (χ2n) is 4.71. The molecule has 0 aliphatic carbocycles. The number of aromatic carboxylic acids is 1. The van der Waals surface area contributed by atoms with E-state index in [0.717, 1.165) is 18.2 Å². The monoisotopic (exact) mass is 315 g/mol. The number of carboxylic acid groups (broad SMARTS) is 1. The summed E-state index contributed by atoms with van der Waals surface area (Å²) in [4.78, 5) is 22.5. The van der Waals surface area contributed by atoms with E-state index in [4.69, 9.17) is 5.11 Å². The molecular formula is C14H18FNO4S. The summed E-state index contributed by atoms with van der Waals surface area (Å²) in [6.45, 7) is 5.11. The fraction of sp³-hybridized carbons (Fsp3) is 0.429. The molecule has 0 saturated heterocycles. The Kier molecular flexibility index (Phi) is 6.02.